The third-order valence-electron chi connectivity index (χ3n) is 2.69. The summed E-state index contributed by atoms with van der Waals surface area (Å²) in [7, 11) is 0. The van der Waals surface area contributed by atoms with Gasteiger partial charge in [0.25, 0.3) is 5.56 Å². The predicted molar refractivity (Wildman–Crippen MR) is 69.0 cm³/mol. The summed E-state index contributed by atoms with van der Waals surface area (Å²) in [5.41, 5.74) is -0.390. The average molecular weight is 257 g/mol. The molecular weight excluding hydrogens is 246 g/mol. The molecule has 0 fully saturated rings. The van der Waals surface area contributed by atoms with Gasteiger partial charge in [0.2, 0.25) is 0 Å². The second-order valence-corrected chi connectivity index (χ2v) is 4.01. The molecule has 0 saturated heterocycles. The van der Waals surface area contributed by atoms with Gasteiger partial charge in [0, 0.05) is 17.4 Å². The number of carbonyl (C=O) groups excluding carboxylic acids is 1. The van der Waals surface area contributed by atoms with Crippen LogP contribution in [0.15, 0.2) is 47.4 Å². The van der Waals surface area contributed by atoms with Crippen molar-refractivity contribution in [1.29, 1.82) is 0 Å². The van der Waals surface area contributed by atoms with Gasteiger partial charge in [-0.3, -0.25) is 14.2 Å². The molecule has 0 aliphatic rings. The summed E-state index contributed by atoms with van der Waals surface area (Å²) >= 11 is 0. The van der Waals surface area contributed by atoms with Gasteiger partial charge in [-0.25, -0.2) is 4.79 Å². The van der Waals surface area contributed by atoms with E-state index in [1.165, 1.54) is 17.7 Å². The highest BCUT2D eigenvalue weighted by Gasteiger charge is 2.15. The van der Waals surface area contributed by atoms with Crippen LogP contribution in [0, 0.1) is 0 Å². The van der Waals surface area contributed by atoms with Crippen LogP contribution in [-0.2, 0) is 0 Å². The highest BCUT2D eigenvalue weighted by atomic mass is 16.4. The minimum Gasteiger partial charge on any atom is -0.477 e. The zero-order chi connectivity index (χ0) is 14.0. The SMILES string of the molecule is CC(=O)c1cc(C(=O)O)c(=O)n(-c2ccccc2)c1. The molecule has 5 heteroatoms. The van der Waals surface area contributed by atoms with E-state index in [2.05, 4.69) is 0 Å². The average Bonchev–Trinajstić information content (AvgIpc) is 2.39. The first kappa shape index (κ1) is 12.8. The summed E-state index contributed by atoms with van der Waals surface area (Å²) < 4.78 is 1.17. The lowest BCUT2D eigenvalue weighted by molar-refractivity contribution is 0.0694. The lowest BCUT2D eigenvalue weighted by atomic mass is 10.1. The van der Waals surface area contributed by atoms with Gasteiger partial charge in [0.05, 0.1) is 0 Å². The second kappa shape index (κ2) is 4.89. The van der Waals surface area contributed by atoms with E-state index < -0.39 is 17.1 Å². The molecule has 0 aliphatic carbocycles. The summed E-state index contributed by atoms with van der Waals surface area (Å²) in [6.07, 6.45) is 1.35. The Morgan fingerprint density at radius 2 is 1.79 bits per heavy atom. The van der Waals surface area contributed by atoms with Crippen molar-refractivity contribution >= 4 is 11.8 Å². The van der Waals surface area contributed by atoms with Crippen LogP contribution in [0.4, 0.5) is 0 Å². The number of rotatable bonds is 3. The number of ketones is 1. The standard InChI is InChI=1S/C14H11NO4/c1-9(16)10-7-12(14(18)19)13(17)15(8-10)11-5-3-2-4-6-11/h2-8H,1H3,(H,18,19). The molecule has 0 amide bonds. The second-order valence-electron chi connectivity index (χ2n) is 4.01. The molecule has 5 nitrogen and oxygen atoms in total. The normalized spacial score (nSPS) is 10.2. The van der Waals surface area contributed by atoms with Crippen molar-refractivity contribution in [2.45, 2.75) is 6.92 Å². The molecule has 1 N–H and O–H groups in total. The minimum atomic E-state index is -1.35. The smallest absolute Gasteiger partial charge is 0.341 e. The first-order chi connectivity index (χ1) is 9.00. The Hall–Kier alpha value is -2.69. The number of para-hydroxylation sites is 1. The van der Waals surface area contributed by atoms with Crippen LogP contribution in [0.3, 0.4) is 0 Å². The predicted octanol–water partition coefficient (Wildman–Crippen LogP) is 1.74. The van der Waals surface area contributed by atoms with Crippen molar-refractivity contribution in [3.05, 3.63) is 64.1 Å². The Morgan fingerprint density at radius 3 is 2.32 bits per heavy atom. The molecule has 0 bridgehead atoms. The van der Waals surface area contributed by atoms with Crippen molar-refractivity contribution in [1.82, 2.24) is 4.57 Å². The first-order valence-electron chi connectivity index (χ1n) is 5.57. The van der Waals surface area contributed by atoms with Gasteiger partial charge in [-0.1, -0.05) is 18.2 Å². The van der Waals surface area contributed by atoms with Gasteiger partial charge < -0.3 is 5.11 Å². The van der Waals surface area contributed by atoms with E-state index >= 15 is 0 Å². The van der Waals surface area contributed by atoms with E-state index in [9.17, 15) is 14.4 Å². The highest BCUT2D eigenvalue weighted by molar-refractivity contribution is 5.97. The monoisotopic (exact) mass is 257 g/mol. The van der Waals surface area contributed by atoms with E-state index in [-0.39, 0.29) is 11.3 Å². The van der Waals surface area contributed by atoms with Crippen LogP contribution in [-0.4, -0.2) is 21.4 Å². The molecular formula is C14H11NO4. The van der Waals surface area contributed by atoms with Crippen LogP contribution in [0.1, 0.15) is 27.6 Å². The Labute approximate surface area is 108 Å². The maximum atomic E-state index is 12.1. The number of benzene rings is 1. The number of aromatic nitrogens is 1. The van der Waals surface area contributed by atoms with Crippen LogP contribution >= 0.6 is 0 Å². The molecule has 0 atom stereocenters. The Balaban J connectivity index is 2.77. The highest BCUT2D eigenvalue weighted by Crippen LogP contribution is 2.08. The van der Waals surface area contributed by atoms with E-state index in [1.807, 2.05) is 0 Å². The molecule has 0 aliphatic heterocycles. The zero-order valence-electron chi connectivity index (χ0n) is 10.2. The third kappa shape index (κ3) is 2.44. The van der Waals surface area contributed by atoms with Gasteiger partial charge in [-0.2, -0.15) is 0 Å². The number of hydrogen-bond donors (Lipinski definition) is 1. The molecule has 0 radical (unpaired) electrons. The van der Waals surface area contributed by atoms with Gasteiger partial charge >= 0.3 is 5.97 Å². The van der Waals surface area contributed by atoms with Gasteiger partial charge in [0.1, 0.15) is 5.56 Å². The van der Waals surface area contributed by atoms with E-state index in [0.717, 1.165) is 6.07 Å². The van der Waals surface area contributed by atoms with Crippen molar-refractivity contribution in [2.75, 3.05) is 0 Å². The fraction of sp³-hybridized carbons (Fsp3) is 0.0714. The van der Waals surface area contributed by atoms with Crippen molar-refractivity contribution < 1.29 is 14.7 Å². The Kier molecular flexibility index (Phi) is 3.29. The molecule has 96 valence electrons. The molecule has 19 heavy (non-hydrogen) atoms. The number of carboxylic acids is 1. The number of pyridine rings is 1. The van der Waals surface area contributed by atoms with Crippen LogP contribution < -0.4 is 5.56 Å². The Bertz CT molecular complexity index is 701. The quantitative estimate of drug-likeness (QED) is 0.850. The van der Waals surface area contributed by atoms with Gasteiger partial charge in [-0.15, -0.1) is 0 Å². The van der Waals surface area contributed by atoms with Gasteiger partial charge in [0.15, 0.2) is 5.78 Å². The third-order valence-corrected chi connectivity index (χ3v) is 2.69. The molecule has 0 saturated carbocycles. The fourth-order valence-corrected chi connectivity index (χ4v) is 1.71. The van der Waals surface area contributed by atoms with Gasteiger partial charge in [-0.05, 0) is 25.1 Å². The largest absolute Gasteiger partial charge is 0.477 e. The lowest BCUT2D eigenvalue weighted by Gasteiger charge is -2.08. The maximum Gasteiger partial charge on any atom is 0.341 e. The van der Waals surface area contributed by atoms with Crippen LogP contribution in [0.2, 0.25) is 0 Å². The van der Waals surface area contributed by atoms with E-state index in [1.54, 1.807) is 30.3 Å². The Morgan fingerprint density at radius 1 is 1.16 bits per heavy atom. The minimum absolute atomic E-state index is 0.181. The number of nitrogens with zero attached hydrogens (tertiary/aromatic N) is 1. The summed E-state index contributed by atoms with van der Waals surface area (Å²) in [6.45, 7) is 1.32. The molecule has 0 unspecified atom stereocenters. The lowest BCUT2D eigenvalue weighted by Crippen LogP contribution is -2.26. The molecule has 2 rings (SSSR count). The fourth-order valence-electron chi connectivity index (χ4n) is 1.71. The molecule has 1 aromatic heterocycles. The summed E-state index contributed by atoms with van der Waals surface area (Å²) in [4.78, 5) is 34.5. The molecule has 0 spiro atoms. The van der Waals surface area contributed by atoms with E-state index in [0.29, 0.717) is 5.69 Å². The van der Waals surface area contributed by atoms with Crippen molar-refractivity contribution in [3.8, 4) is 5.69 Å². The number of carboxylic acid groups (broad SMARTS) is 1. The summed E-state index contributed by atoms with van der Waals surface area (Å²) in [6, 6.07) is 9.66. The topological polar surface area (TPSA) is 76.4 Å². The number of Topliss-reactive ketones (excluding diaryl/α,β-unsaturated/α-hetero) is 1. The number of aromatic carboxylic acids is 1. The molecule has 1 heterocycles. The molecule has 2 aromatic rings. The zero-order valence-corrected chi connectivity index (χ0v) is 10.2. The van der Waals surface area contributed by atoms with Crippen LogP contribution in [0.25, 0.3) is 5.69 Å². The van der Waals surface area contributed by atoms with Crippen molar-refractivity contribution in [2.24, 2.45) is 0 Å². The van der Waals surface area contributed by atoms with E-state index in [4.69, 9.17) is 5.11 Å². The number of carbonyl (C=O) groups is 2. The maximum absolute atomic E-state index is 12.1. The summed E-state index contributed by atoms with van der Waals surface area (Å²) in [5.74, 6) is -1.65. The number of hydrogen-bond acceptors (Lipinski definition) is 3. The van der Waals surface area contributed by atoms with Crippen molar-refractivity contribution in [3.63, 3.8) is 0 Å². The molecule has 1 aromatic carbocycles. The summed E-state index contributed by atoms with van der Waals surface area (Å²) in [5, 5.41) is 9.02. The first-order valence-corrected chi connectivity index (χ1v) is 5.57. The van der Waals surface area contributed by atoms with Crippen LogP contribution in [0.5, 0.6) is 0 Å².